The summed E-state index contributed by atoms with van der Waals surface area (Å²) in [5.74, 6) is 0.635. The molecule has 0 aliphatic carbocycles. The lowest BCUT2D eigenvalue weighted by molar-refractivity contribution is 0.269. The van der Waals surface area contributed by atoms with Crippen LogP contribution in [0.3, 0.4) is 0 Å². The Balaban J connectivity index is 2.55. The third-order valence-corrected chi connectivity index (χ3v) is 4.57. The highest BCUT2D eigenvalue weighted by Gasteiger charge is 2.19. The van der Waals surface area contributed by atoms with Gasteiger partial charge in [-0.1, -0.05) is 26.7 Å². The number of sulfonamides is 1. The molecule has 0 saturated carbocycles. The van der Waals surface area contributed by atoms with E-state index >= 15 is 0 Å². The first-order valence-electron chi connectivity index (χ1n) is 7.01. The maximum absolute atomic E-state index is 12.1. The zero-order chi connectivity index (χ0) is 15.2. The van der Waals surface area contributed by atoms with E-state index in [-0.39, 0.29) is 17.5 Å². The largest absolute Gasteiger partial charge is 0.394 e. The molecule has 0 radical (unpaired) electrons. The van der Waals surface area contributed by atoms with E-state index in [1.807, 2.05) is 6.92 Å². The Morgan fingerprint density at radius 1 is 1.35 bits per heavy atom. The second-order valence-electron chi connectivity index (χ2n) is 5.51. The molecule has 1 rings (SSSR count). The van der Waals surface area contributed by atoms with Crippen molar-refractivity contribution in [3.63, 3.8) is 0 Å². The normalized spacial score (nSPS) is 13.8. The number of aliphatic hydroxyl groups is 1. The third-order valence-electron chi connectivity index (χ3n) is 3.02. The van der Waals surface area contributed by atoms with Crippen LogP contribution in [0.5, 0.6) is 0 Å². The van der Waals surface area contributed by atoms with Gasteiger partial charge in [0.1, 0.15) is 4.90 Å². The molecule has 0 aliphatic rings. The van der Waals surface area contributed by atoms with Crippen molar-refractivity contribution in [2.75, 3.05) is 6.61 Å². The van der Waals surface area contributed by atoms with E-state index in [1.54, 1.807) is 0 Å². The minimum atomic E-state index is -3.52. The van der Waals surface area contributed by atoms with E-state index in [1.165, 1.54) is 17.1 Å². The summed E-state index contributed by atoms with van der Waals surface area (Å²) in [6.07, 6.45) is 5.66. The van der Waals surface area contributed by atoms with Crippen molar-refractivity contribution in [1.29, 1.82) is 0 Å². The zero-order valence-electron chi connectivity index (χ0n) is 12.4. The van der Waals surface area contributed by atoms with Crippen LogP contribution in [-0.2, 0) is 16.6 Å². The van der Waals surface area contributed by atoms with E-state index in [2.05, 4.69) is 23.7 Å². The number of nitrogens with one attached hydrogen (secondary N) is 1. The standard InChI is InChI=1S/C13H25N3O3S/c1-11(2)5-4-6-12(3)15-20(18,19)13-9-14-16(10-13)7-8-17/h9-12,15,17H,4-8H2,1-3H3. The van der Waals surface area contributed by atoms with Crippen molar-refractivity contribution >= 4 is 10.0 Å². The van der Waals surface area contributed by atoms with Gasteiger partial charge < -0.3 is 5.11 Å². The third kappa shape index (κ3) is 5.60. The molecule has 0 saturated heterocycles. The summed E-state index contributed by atoms with van der Waals surface area (Å²) in [6, 6.07) is -0.0973. The molecule has 1 aromatic rings. The van der Waals surface area contributed by atoms with Crippen LogP contribution in [0.1, 0.15) is 40.0 Å². The first-order chi connectivity index (χ1) is 9.35. The molecule has 0 bridgehead atoms. The molecule has 0 aliphatic heterocycles. The molecule has 6 nitrogen and oxygen atoms in total. The van der Waals surface area contributed by atoms with Gasteiger partial charge in [-0.05, 0) is 19.3 Å². The van der Waals surface area contributed by atoms with Crippen LogP contribution in [0.2, 0.25) is 0 Å². The quantitative estimate of drug-likeness (QED) is 0.721. The molecule has 1 atom stereocenters. The van der Waals surface area contributed by atoms with Gasteiger partial charge in [-0.15, -0.1) is 0 Å². The van der Waals surface area contributed by atoms with Crippen molar-refractivity contribution in [3.8, 4) is 0 Å². The number of hydrogen-bond acceptors (Lipinski definition) is 4. The van der Waals surface area contributed by atoms with Crippen molar-refractivity contribution in [2.24, 2.45) is 5.92 Å². The first kappa shape index (κ1) is 17.1. The van der Waals surface area contributed by atoms with Gasteiger partial charge in [0.05, 0.1) is 19.3 Å². The Labute approximate surface area is 121 Å². The molecule has 1 heterocycles. The van der Waals surface area contributed by atoms with Crippen LogP contribution in [0.25, 0.3) is 0 Å². The molecule has 116 valence electrons. The molecular weight excluding hydrogens is 278 g/mol. The lowest BCUT2D eigenvalue weighted by Crippen LogP contribution is -2.32. The van der Waals surface area contributed by atoms with E-state index in [0.29, 0.717) is 12.5 Å². The summed E-state index contributed by atoms with van der Waals surface area (Å²) in [6.45, 7) is 6.41. The Morgan fingerprint density at radius 3 is 2.65 bits per heavy atom. The van der Waals surface area contributed by atoms with E-state index < -0.39 is 10.0 Å². The van der Waals surface area contributed by atoms with Gasteiger partial charge in [-0.3, -0.25) is 4.68 Å². The number of hydrogen-bond donors (Lipinski definition) is 2. The average molecular weight is 303 g/mol. The van der Waals surface area contributed by atoms with Crippen LogP contribution >= 0.6 is 0 Å². The van der Waals surface area contributed by atoms with Gasteiger partial charge >= 0.3 is 0 Å². The lowest BCUT2D eigenvalue weighted by Gasteiger charge is -2.13. The van der Waals surface area contributed by atoms with Crippen molar-refractivity contribution in [1.82, 2.24) is 14.5 Å². The highest BCUT2D eigenvalue weighted by molar-refractivity contribution is 7.89. The number of aromatic nitrogens is 2. The SMILES string of the molecule is CC(C)CCCC(C)NS(=O)(=O)c1cnn(CCO)c1. The highest BCUT2D eigenvalue weighted by Crippen LogP contribution is 2.12. The second-order valence-corrected chi connectivity index (χ2v) is 7.22. The molecule has 0 spiro atoms. The van der Waals surface area contributed by atoms with Gasteiger partial charge in [0.2, 0.25) is 10.0 Å². The minimum Gasteiger partial charge on any atom is -0.394 e. The van der Waals surface area contributed by atoms with E-state index in [9.17, 15) is 8.42 Å². The minimum absolute atomic E-state index is 0.0692. The molecule has 1 unspecified atom stereocenters. The van der Waals surface area contributed by atoms with Gasteiger partial charge in [-0.2, -0.15) is 5.10 Å². The van der Waals surface area contributed by atoms with Crippen LogP contribution in [0.15, 0.2) is 17.3 Å². The molecule has 20 heavy (non-hydrogen) atoms. The maximum atomic E-state index is 12.1. The summed E-state index contributed by atoms with van der Waals surface area (Å²) >= 11 is 0. The summed E-state index contributed by atoms with van der Waals surface area (Å²) in [7, 11) is -3.52. The van der Waals surface area contributed by atoms with E-state index in [0.717, 1.165) is 19.3 Å². The predicted molar refractivity (Wildman–Crippen MR) is 77.8 cm³/mol. The van der Waals surface area contributed by atoms with Crippen LogP contribution in [0, 0.1) is 5.92 Å². The second kappa shape index (κ2) is 7.75. The molecular formula is C13H25N3O3S. The first-order valence-corrected chi connectivity index (χ1v) is 8.49. The smallest absolute Gasteiger partial charge is 0.243 e. The fourth-order valence-electron chi connectivity index (χ4n) is 1.93. The van der Waals surface area contributed by atoms with E-state index in [4.69, 9.17) is 5.11 Å². The van der Waals surface area contributed by atoms with Gasteiger partial charge in [0.25, 0.3) is 0 Å². The summed E-state index contributed by atoms with van der Waals surface area (Å²) in [5.41, 5.74) is 0. The number of aliphatic hydroxyl groups excluding tert-OH is 1. The summed E-state index contributed by atoms with van der Waals surface area (Å²) in [4.78, 5) is 0.140. The predicted octanol–water partition coefficient (Wildman–Crippen LogP) is 1.37. The molecule has 1 aromatic heterocycles. The van der Waals surface area contributed by atoms with Crippen molar-refractivity contribution < 1.29 is 13.5 Å². The molecule has 2 N–H and O–H groups in total. The van der Waals surface area contributed by atoms with Crippen LogP contribution in [0.4, 0.5) is 0 Å². The zero-order valence-corrected chi connectivity index (χ0v) is 13.2. The Hall–Kier alpha value is -0.920. The Morgan fingerprint density at radius 2 is 2.05 bits per heavy atom. The van der Waals surface area contributed by atoms with Gasteiger partial charge in [0.15, 0.2) is 0 Å². The average Bonchev–Trinajstić information content (AvgIpc) is 2.77. The van der Waals surface area contributed by atoms with Gasteiger partial charge in [-0.25, -0.2) is 13.1 Å². The summed E-state index contributed by atoms with van der Waals surface area (Å²) < 4.78 is 28.3. The molecule has 7 heteroatoms. The molecule has 0 amide bonds. The summed E-state index contributed by atoms with van der Waals surface area (Å²) in [5, 5.41) is 12.7. The monoisotopic (exact) mass is 303 g/mol. The van der Waals surface area contributed by atoms with Crippen LogP contribution in [-0.4, -0.2) is 36.0 Å². The van der Waals surface area contributed by atoms with Crippen molar-refractivity contribution in [3.05, 3.63) is 12.4 Å². The van der Waals surface area contributed by atoms with Crippen molar-refractivity contribution in [2.45, 2.75) is 57.5 Å². The maximum Gasteiger partial charge on any atom is 0.243 e. The number of rotatable bonds is 9. The fraction of sp³-hybridized carbons (Fsp3) is 0.769. The van der Waals surface area contributed by atoms with Gasteiger partial charge in [0, 0.05) is 12.2 Å². The highest BCUT2D eigenvalue weighted by atomic mass is 32.2. The molecule has 0 fully saturated rings. The lowest BCUT2D eigenvalue weighted by atomic mass is 10.0. The Kier molecular flexibility index (Phi) is 6.64. The van der Waals surface area contributed by atoms with Crippen LogP contribution < -0.4 is 4.72 Å². The topological polar surface area (TPSA) is 84.2 Å². The fourth-order valence-corrected chi connectivity index (χ4v) is 3.16. The Bertz CT molecular complexity index is 497. The number of nitrogens with zero attached hydrogens (tertiary/aromatic N) is 2. The molecule has 0 aromatic carbocycles.